The van der Waals surface area contributed by atoms with Crippen LogP contribution in [-0.2, 0) is 11.2 Å². The molecule has 0 aliphatic heterocycles. The van der Waals surface area contributed by atoms with Gasteiger partial charge in [-0.3, -0.25) is 0 Å². The molecule has 3 aromatic rings. The van der Waals surface area contributed by atoms with Crippen molar-refractivity contribution in [3.63, 3.8) is 0 Å². The van der Waals surface area contributed by atoms with E-state index in [1.165, 1.54) is 7.11 Å². The van der Waals surface area contributed by atoms with E-state index in [0.29, 0.717) is 12.0 Å². The molecule has 22 heavy (non-hydrogen) atoms. The second-order valence-corrected chi connectivity index (χ2v) is 4.91. The van der Waals surface area contributed by atoms with Crippen molar-refractivity contribution < 1.29 is 9.53 Å². The molecular formula is C18H16N2O2. The lowest BCUT2D eigenvalue weighted by molar-refractivity contribution is 0.0599. The highest BCUT2D eigenvalue weighted by Gasteiger charge is 2.19. The van der Waals surface area contributed by atoms with Crippen LogP contribution in [0.3, 0.4) is 0 Å². The van der Waals surface area contributed by atoms with Crippen LogP contribution in [0.4, 0.5) is 0 Å². The van der Waals surface area contributed by atoms with Gasteiger partial charge in [-0.15, -0.1) is 0 Å². The second-order valence-electron chi connectivity index (χ2n) is 4.91. The van der Waals surface area contributed by atoms with Crippen LogP contribution in [0.25, 0.3) is 5.69 Å². The molecule has 0 amide bonds. The summed E-state index contributed by atoms with van der Waals surface area (Å²) >= 11 is 0. The van der Waals surface area contributed by atoms with Gasteiger partial charge in [-0.1, -0.05) is 48.5 Å². The minimum Gasteiger partial charge on any atom is -0.465 e. The van der Waals surface area contributed by atoms with Crippen LogP contribution in [0, 0.1) is 0 Å². The maximum absolute atomic E-state index is 12.0. The molecule has 1 heterocycles. The van der Waals surface area contributed by atoms with E-state index >= 15 is 0 Å². The van der Waals surface area contributed by atoms with E-state index < -0.39 is 0 Å². The molecule has 4 heteroatoms. The third kappa shape index (κ3) is 2.76. The van der Waals surface area contributed by atoms with Crippen LogP contribution >= 0.6 is 0 Å². The van der Waals surface area contributed by atoms with Crippen molar-refractivity contribution in [1.29, 1.82) is 0 Å². The Labute approximate surface area is 129 Å². The number of esters is 1. The zero-order valence-electron chi connectivity index (χ0n) is 12.3. The molecule has 0 atom stereocenters. The first-order valence-electron chi connectivity index (χ1n) is 7.04. The van der Waals surface area contributed by atoms with Crippen LogP contribution in [0.2, 0.25) is 0 Å². The average Bonchev–Trinajstić information content (AvgIpc) is 2.99. The van der Waals surface area contributed by atoms with Crippen LogP contribution in [0.1, 0.15) is 21.6 Å². The molecule has 0 fully saturated rings. The van der Waals surface area contributed by atoms with Crippen molar-refractivity contribution in [2.45, 2.75) is 6.42 Å². The van der Waals surface area contributed by atoms with Gasteiger partial charge < -0.3 is 4.74 Å². The molecule has 0 saturated carbocycles. The molecule has 0 bridgehead atoms. The maximum atomic E-state index is 12.0. The summed E-state index contributed by atoms with van der Waals surface area (Å²) in [6, 6.07) is 19.8. The zero-order chi connectivity index (χ0) is 15.4. The van der Waals surface area contributed by atoms with E-state index in [9.17, 15) is 4.79 Å². The number of aromatic nitrogens is 2. The van der Waals surface area contributed by atoms with E-state index in [1.807, 2.05) is 60.7 Å². The van der Waals surface area contributed by atoms with E-state index in [1.54, 1.807) is 10.9 Å². The molecular weight excluding hydrogens is 276 g/mol. The molecule has 0 unspecified atom stereocenters. The average molecular weight is 292 g/mol. The summed E-state index contributed by atoms with van der Waals surface area (Å²) in [6.07, 6.45) is 2.18. The molecule has 4 nitrogen and oxygen atoms in total. The minimum absolute atomic E-state index is 0.367. The Morgan fingerprint density at radius 2 is 1.68 bits per heavy atom. The number of methoxy groups -OCH3 is 1. The summed E-state index contributed by atoms with van der Waals surface area (Å²) in [7, 11) is 1.38. The van der Waals surface area contributed by atoms with Gasteiger partial charge in [-0.05, 0) is 17.7 Å². The fraction of sp³-hybridized carbons (Fsp3) is 0.111. The highest BCUT2D eigenvalue weighted by Crippen LogP contribution is 2.19. The lowest BCUT2D eigenvalue weighted by atomic mass is 10.1. The fourth-order valence-electron chi connectivity index (χ4n) is 2.41. The van der Waals surface area contributed by atoms with Crippen LogP contribution in [0.5, 0.6) is 0 Å². The molecule has 0 aliphatic rings. The minimum atomic E-state index is -0.367. The predicted molar refractivity (Wildman–Crippen MR) is 84.2 cm³/mol. The van der Waals surface area contributed by atoms with Gasteiger partial charge >= 0.3 is 5.97 Å². The Balaban J connectivity index is 2.07. The van der Waals surface area contributed by atoms with Gasteiger partial charge in [0.1, 0.15) is 5.56 Å². The quantitative estimate of drug-likeness (QED) is 0.693. The first-order chi connectivity index (χ1) is 10.8. The monoisotopic (exact) mass is 292 g/mol. The predicted octanol–water partition coefficient (Wildman–Crippen LogP) is 3.25. The molecule has 0 aliphatic carbocycles. The number of hydrogen-bond acceptors (Lipinski definition) is 3. The largest absolute Gasteiger partial charge is 0.465 e. The number of hydrogen-bond donors (Lipinski definition) is 0. The van der Waals surface area contributed by atoms with Gasteiger partial charge in [0.05, 0.1) is 24.7 Å². The van der Waals surface area contributed by atoms with Gasteiger partial charge in [0.2, 0.25) is 0 Å². The van der Waals surface area contributed by atoms with Crippen molar-refractivity contribution in [3.8, 4) is 5.69 Å². The topological polar surface area (TPSA) is 44.1 Å². The Kier molecular flexibility index (Phi) is 4.01. The Hall–Kier alpha value is -2.88. The standard InChI is InChI=1S/C18H16N2O2/c1-22-18(21)16-13-19-20(15-10-6-3-7-11-15)17(16)12-14-8-4-2-5-9-14/h2-11,13H,12H2,1H3. The molecule has 0 spiro atoms. The van der Waals surface area contributed by atoms with E-state index in [4.69, 9.17) is 4.74 Å². The molecule has 1 aromatic heterocycles. The number of para-hydroxylation sites is 1. The highest BCUT2D eigenvalue weighted by atomic mass is 16.5. The maximum Gasteiger partial charge on any atom is 0.341 e. The summed E-state index contributed by atoms with van der Waals surface area (Å²) < 4.78 is 6.66. The summed E-state index contributed by atoms with van der Waals surface area (Å²) in [4.78, 5) is 12.0. The first-order valence-corrected chi connectivity index (χ1v) is 7.04. The fourth-order valence-corrected chi connectivity index (χ4v) is 2.41. The van der Waals surface area contributed by atoms with Gasteiger partial charge in [-0.2, -0.15) is 5.10 Å². The number of carbonyl (C=O) groups excluding carboxylic acids is 1. The SMILES string of the molecule is COC(=O)c1cnn(-c2ccccc2)c1Cc1ccccc1. The van der Waals surface area contributed by atoms with Crippen LogP contribution in [0.15, 0.2) is 66.9 Å². The van der Waals surface area contributed by atoms with Gasteiger partial charge in [-0.25, -0.2) is 9.48 Å². The normalized spacial score (nSPS) is 10.4. The molecule has 0 saturated heterocycles. The van der Waals surface area contributed by atoms with Crippen molar-refractivity contribution >= 4 is 5.97 Å². The number of ether oxygens (including phenoxy) is 1. The van der Waals surface area contributed by atoms with E-state index in [0.717, 1.165) is 16.9 Å². The molecule has 0 radical (unpaired) electrons. The number of carbonyl (C=O) groups is 1. The molecule has 2 aromatic carbocycles. The zero-order valence-corrected chi connectivity index (χ0v) is 12.3. The summed E-state index contributed by atoms with van der Waals surface area (Å²) in [5.41, 5.74) is 3.35. The van der Waals surface area contributed by atoms with Crippen molar-refractivity contribution in [2.75, 3.05) is 7.11 Å². The van der Waals surface area contributed by atoms with Crippen molar-refractivity contribution in [1.82, 2.24) is 9.78 Å². The number of nitrogens with zero attached hydrogens (tertiary/aromatic N) is 2. The lowest BCUT2D eigenvalue weighted by Gasteiger charge is -2.09. The second kappa shape index (κ2) is 6.26. The molecule has 110 valence electrons. The molecule has 3 rings (SSSR count). The third-order valence-electron chi connectivity index (χ3n) is 3.49. The van der Waals surface area contributed by atoms with Crippen LogP contribution in [-0.4, -0.2) is 22.9 Å². The van der Waals surface area contributed by atoms with Gasteiger partial charge in [0.25, 0.3) is 0 Å². The summed E-state index contributed by atoms with van der Waals surface area (Å²) in [5, 5.41) is 4.37. The smallest absolute Gasteiger partial charge is 0.341 e. The van der Waals surface area contributed by atoms with Gasteiger partial charge in [0.15, 0.2) is 0 Å². The lowest BCUT2D eigenvalue weighted by Crippen LogP contribution is -2.09. The van der Waals surface area contributed by atoms with Crippen molar-refractivity contribution in [3.05, 3.63) is 83.7 Å². The summed E-state index contributed by atoms with van der Waals surface area (Å²) in [5.74, 6) is -0.367. The van der Waals surface area contributed by atoms with Crippen LogP contribution < -0.4 is 0 Å². The Bertz CT molecular complexity index is 764. The Morgan fingerprint density at radius 3 is 2.32 bits per heavy atom. The van der Waals surface area contributed by atoms with E-state index in [-0.39, 0.29) is 5.97 Å². The Morgan fingerprint density at radius 1 is 1.05 bits per heavy atom. The summed E-state index contributed by atoms with van der Waals surface area (Å²) in [6.45, 7) is 0. The highest BCUT2D eigenvalue weighted by molar-refractivity contribution is 5.90. The number of rotatable bonds is 4. The molecule has 0 N–H and O–H groups in total. The third-order valence-corrected chi connectivity index (χ3v) is 3.49. The van der Waals surface area contributed by atoms with Crippen molar-refractivity contribution in [2.24, 2.45) is 0 Å². The van der Waals surface area contributed by atoms with E-state index in [2.05, 4.69) is 5.10 Å². The number of benzene rings is 2. The van der Waals surface area contributed by atoms with Gasteiger partial charge in [0, 0.05) is 6.42 Å². The first kappa shape index (κ1) is 14.1.